The van der Waals surface area contributed by atoms with Crippen LogP contribution in [0, 0.1) is 5.92 Å². The number of likely N-dealkylation sites (tertiary alicyclic amines) is 1. The highest BCUT2D eigenvalue weighted by Crippen LogP contribution is 2.35. The number of halogens is 1. The maximum Gasteiger partial charge on any atom is 0.246 e. The molecule has 1 amide bonds. The number of hydrogen-bond donors (Lipinski definition) is 0. The van der Waals surface area contributed by atoms with Gasteiger partial charge in [-0.1, -0.05) is 12.8 Å². The molecule has 3 heterocycles. The van der Waals surface area contributed by atoms with Crippen LogP contribution in [-0.2, 0) is 11.3 Å². The van der Waals surface area contributed by atoms with E-state index in [0.717, 1.165) is 19.4 Å². The van der Waals surface area contributed by atoms with Gasteiger partial charge in [0.05, 0.1) is 0 Å². The second kappa shape index (κ2) is 6.66. The zero-order valence-electron chi connectivity index (χ0n) is 13.4. The Bertz CT molecular complexity index is 726. The molecule has 1 aliphatic carbocycles. The molecular weight excluding hydrogens is 374 g/mol. The molecule has 128 valence electrons. The van der Waals surface area contributed by atoms with Crippen LogP contribution < -0.4 is 0 Å². The van der Waals surface area contributed by atoms with Gasteiger partial charge >= 0.3 is 0 Å². The number of hydrogen-bond acceptors (Lipinski definition) is 5. The Kier molecular flexibility index (Phi) is 4.39. The van der Waals surface area contributed by atoms with E-state index in [1.54, 1.807) is 12.1 Å². The van der Waals surface area contributed by atoms with E-state index in [-0.39, 0.29) is 12.5 Å². The van der Waals surface area contributed by atoms with E-state index in [0.29, 0.717) is 28.2 Å². The van der Waals surface area contributed by atoms with E-state index >= 15 is 0 Å². The average Bonchev–Trinajstić information content (AvgIpc) is 3.23. The van der Waals surface area contributed by atoms with Crippen molar-refractivity contribution in [2.45, 2.75) is 51.1 Å². The van der Waals surface area contributed by atoms with Gasteiger partial charge in [0.25, 0.3) is 0 Å². The summed E-state index contributed by atoms with van der Waals surface area (Å²) in [5.74, 6) is 1.70. The number of carbonyl (C=O) groups is 1. The predicted molar refractivity (Wildman–Crippen MR) is 89.9 cm³/mol. The van der Waals surface area contributed by atoms with Gasteiger partial charge in [-0.25, -0.2) is 0 Å². The summed E-state index contributed by atoms with van der Waals surface area (Å²) in [6.45, 7) is 0.991. The molecule has 2 aromatic rings. The predicted octanol–water partition coefficient (Wildman–Crippen LogP) is 2.88. The summed E-state index contributed by atoms with van der Waals surface area (Å²) in [7, 11) is 0. The summed E-state index contributed by atoms with van der Waals surface area (Å²) in [5, 5.41) is 12.2. The van der Waals surface area contributed by atoms with E-state index in [2.05, 4.69) is 36.2 Å². The largest absolute Gasteiger partial charge is 0.446 e. The number of piperidine rings is 1. The molecular formula is C16H20BrN5O2. The van der Waals surface area contributed by atoms with Crippen LogP contribution in [0.2, 0.25) is 0 Å². The van der Waals surface area contributed by atoms with E-state index in [1.807, 2.05) is 0 Å². The lowest BCUT2D eigenvalue weighted by Crippen LogP contribution is -2.50. The average molecular weight is 394 g/mol. The van der Waals surface area contributed by atoms with Gasteiger partial charge in [-0.2, -0.15) is 4.80 Å². The van der Waals surface area contributed by atoms with Crippen molar-refractivity contribution in [2.75, 3.05) is 6.54 Å². The summed E-state index contributed by atoms with van der Waals surface area (Å²) in [4.78, 5) is 16.2. The van der Waals surface area contributed by atoms with Crippen molar-refractivity contribution >= 4 is 21.8 Å². The van der Waals surface area contributed by atoms with Crippen molar-refractivity contribution in [3.8, 4) is 11.6 Å². The molecule has 7 nitrogen and oxygen atoms in total. The van der Waals surface area contributed by atoms with Crippen molar-refractivity contribution in [3.05, 3.63) is 16.8 Å². The molecule has 2 aliphatic rings. The highest BCUT2D eigenvalue weighted by molar-refractivity contribution is 9.10. The molecule has 2 aromatic heterocycles. The van der Waals surface area contributed by atoms with Gasteiger partial charge in [0.1, 0.15) is 6.54 Å². The molecule has 2 atom stereocenters. The van der Waals surface area contributed by atoms with Gasteiger partial charge in [-0.15, -0.1) is 10.2 Å². The molecule has 4 rings (SSSR count). The minimum atomic E-state index is 0.0937. The van der Waals surface area contributed by atoms with Crippen LogP contribution in [0.3, 0.4) is 0 Å². The molecule has 8 heteroatoms. The number of rotatable bonds is 3. The van der Waals surface area contributed by atoms with Crippen LogP contribution in [0.25, 0.3) is 11.6 Å². The monoisotopic (exact) mass is 393 g/mol. The van der Waals surface area contributed by atoms with Gasteiger partial charge in [0.15, 0.2) is 10.4 Å². The van der Waals surface area contributed by atoms with Crippen molar-refractivity contribution in [3.63, 3.8) is 0 Å². The Morgan fingerprint density at radius 3 is 2.92 bits per heavy atom. The lowest BCUT2D eigenvalue weighted by Gasteiger charge is -2.44. The topological polar surface area (TPSA) is 77.0 Å². The second-order valence-corrected chi connectivity index (χ2v) is 7.37. The molecule has 1 saturated heterocycles. The summed E-state index contributed by atoms with van der Waals surface area (Å²) in [6.07, 6.45) is 7.28. The number of aromatic nitrogens is 4. The fraction of sp³-hybridized carbons (Fsp3) is 0.625. The molecule has 0 aromatic carbocycles. The fourth-order valence-electron chi connectivity index (χ4n) is 3.99. The number of fused-ring (bicyclic) bond motifs is 1. The Labute approximate surface area is 148 Å². The molecule has 0 spiro atoms. The third-order valence-corrected chi connectivity index (χ3v) is 5.51. The third-order valence-electron chi connectivity index (χ3n) is 5.09. The van der Waals surface area contributed by atoms with Crippen LogP contribution in [0.5, 0.6) is 0 Å². The Balaban J connectivity index is 1.45. The van der Waals surface area contributed by atoms with Crippen molar-refractivity contribution < 1.29 is 9.21 Å². The van der Waals surface area contributed by atoms with Crippen LogP contribution in [-0.4, -0.2) is 43.6 Å². The first-order valence-electron chi connectivity index (χ1n) is 8.54. The molecule has 2 unspecified atom stereocenters. The minimum Gasteiger partial charge on any atom is -0.446 e. The molecule has 24 heavy (non-hydrogen) atoms. The van der Waals surface area contributed by atoms with Crippen LogP contribution in [0.4, 0.5) is 0 Å². The van der Waals surface area contributed by atoms with E-state index < -0.39 is 0 Å². The number of tetrazole rings is 1. The van der Waals surface area contributed by atoms with Crippen molar-refractivity contribution in [1.29, 1.82) is 0 Å². The van der Waals surface area contributed by atoms with Crippen LogP contribution >= 0.6 is 15.9 Å². The summed E-state index contributed by atoms with van der Waals surface area (Å²) < 4.78 is 6.03. The normalized spacial score (nSPS) is 24.0. The first-order valence-corrected chi connectivity index (χ1v) is 9.33. The summed E-state index contributed by atoms with van der Waals surface area (Å²) in [6, 6.07) is 3.95. The van der Waals surface area contributed by atoms with Crippen molar-refractivity contribution in [1.82, 2.24) is 25.1 Å². The zero-order valence-corrected chi connectivity index (χ0v) is 15.0. The molecule has 1 aliphatic heterocycles. The molecule has 2 fully saturated rings. The fourth-order valence-corrected chi connectivity index (χ4v) is 4.30. The van der Waals surface area contributed by atoms with Gasteiger partial charge in [0.2, 0.25) is 11.7 Å². The van der Waals surface area contributed by atoms with E-state index in [9.17, 15) is 4.79 Å². The van der Waals surface area contributed by atoms with Gasteiger partial charge in [-0.05, 0) is 64.9 Å². The van der Waals surface area contributed by atoms with Crippen LogP contribution in [0.1, 0.15) is 38.5 Å². The van der Waals surface area contributed by atoms with Crippen molar-refractivity contribution in [2.24, 2.45) is 5.92 Å². The Hall–Kier alpha value is -1.70. The number of carbonyl (C=O) groups excluding carboxylic acids is 1. The maximum atomic E-state index is 12.7. The van der Waals surface area contributed by atoms with E-state index in [1.165, 1.54) is 30.5 Å². The van der Waals surface area contributed by atoms with Gasteiger partial charge in [0, 0.05) is 12.6 Å². The Morgan fingerprint density at radius 2 is 2.08 bits per heavy atom. The second-order valence-electron chi connectivity index (χ2n) is 6.59. The molecule has 0 radical (unpaired) electrons. The first kappa shape index (κ1) is 15.8. The number of amides is 1. The molecule has 1 saturated carbocycles. The van der Waals surface area contributed by atoms with Gasteiger partial charge < -0.3 is 9.32 Å². The SMILES string of the molecule is O=C(Cn1nnc(-c2ccc(Br)o2)n1)N1CCCC2CCCCC21. The molecule has 0 N–H and O–H groups in total. The Morgan fingerprint density at radius 1 is 1.25 bits per heavy atom. The lowest BCUT2D eigenvalue weighted by atomic mass is 9.78. The standard InChI is InChI=1S/C16H20BrN5O2/c17-14-8-7-13(24-14)16-18-20-22(19-16)10-15(23)21-9-3-5-11-4-1-2-6-12(11)21/h7-8,11-12H,1-6,9-10H2. The summed E-state index contributed by atoms with van der Waals surface area (Å²) in [5.41, 5.74) is 0. The first-order chi connectivity index (χ1) is 11.7. The van der Waals surface area contributed by atoms with Gasteiger partial charge in [-0.3, -0.25) is 4.79 Å². The third kappa shape index (κ3) is 3.11. The quantitative estimate of drug-likeness (QED) is 0.800. The van der Waals surface area contributed by atoms with E-state index in [4.69, 9.17) is 4.42 Å². The number of nitrogens with zero attached hydrogens (tertiary/aromatic N) is 5. The zero-order chi connectivity index (χ0) is 16.5. The highest BCUT2D eigenvalue weighted by atomic mass is 79.9. The smallest absolute Gasteiger partial charge is 0.246 e. The molecule has 0 bridgehead atoms. The lowest BCUT2D eigenvalue weighted by molar-refractivity contribution is -0.138. The van der Waals surface area contributed by atoms with Crippen LogP contribution in [0.15, 0.2) is 21.2 Å². The maximum absolute atomic E-state index is 12.7. The highest BCUT2D eigenvalue weighted by Gasteiger charge is 2.35. The number of furan rings is 1. The summed E-state index contributed by atoms with van der Waals surface area (Å²) >= 11 is 3.25. The minimum absolute atomic E-state index is 0.0937.